The molecule has 0 aliphatic heterocycles. The van der Waals surface area contributed by atoms with Gasteiger partial charge in [-0.25, -0.2) is 0 Å². The lowest BCUT2D eigenvalue weighted by molar-refractivity contribution is 0.0760. The van der Waals surface area contributed by atoms with Crippen molar-refractivity contribution < 1.29 is 9.59 Å². The Bertz CT molecular complexity index is 785. The van der Waals surface area contributed by atoms with Crippen molar-refractivity contribution in [2.75, 3.05) is 0 Å². The normalized spacial score (nSPS) is 16.8. The van der Waals surface area contributed by atoms with E-state index in [0.717, 1.165) is 18.4 Å². The van der Waals surface area contributed by atoms with Crippen LogP contribution in [0.25, 0.3) is 0 Å². The summed E-state index contributed by atoms with van der Waals surface area (Å²) in [4.78, 5) is 26.9. The topological polar surface area (TPSA) is 60.2 Å². The van der Waals surface area contributed by atoms with Gasteiger partial charge < -0.3 is 5.73 Å². The first-order valence-electron chi connectivity index (χ1n) is 9.49. The molecule has 1 aliphatic carbocycles. The summed E-state index contributed by atoms with van der Waals surface area (Å²) in [7, 11) is 0. The molecule has 136 valence electrons. The minimum Gasteiger partial charge on any atom is -0.326 e. The van der Waals surface area contributed by atoms with Crippen molar-refractivity contribution >= 4 is 11.6 Å². The van der Waals surface area contributed by atoms with Crippen molar-refractivity contribution in [1.29, 1.82) is 0 Å². The Morgan fingerprint density at radius 2 is 1.46 bits per heavy atom. The molecular weight excluding hydrogens is 322 g/mol. The second kappa shape index (κ2) is 7.16. The second-order valence-corrected chi connectivity index (χ2v) is 7.54. The van der Waals surface area contributed by atoms with Crippen LogP contribution in [0.2, 0.25) is 0 Å². The van der Waals surface area contributed by atoms with Gasteiger partial charge in [-0.1, -0.05) is 82.1 Å². The molecule has 26 heavy (non-hydrogen) atoms. The third kappa shape index (κ3) is 2.71. The first-order chi connectivity index (χ1) is 12.4. The molecule has 0 fully saturated rings. The number of carbonyl (C=O) groups is 2. The highest BCUT2D eigenvalue weighted by Gasteiger charge is 2.57. The molecular formula is C23H27NO2. The number of rotatable bonds is 6. The summed E-state index contributed by atoms with van der Waals surface area (Å²) in [5, 5.41) is 0. The van der Waals surface area contributed by atoms with Crippen molar-refractivity contribution in [3.05, 3.63) is 70.8 Å². The van der Waals surface area contributed by atoms with Gasteiger partial charge in [0.25, 0.3) is 0 Å². The lowest BCUT2D eigenvalue weighted by atomic mass is 9.69. The van der Waals surface area contributed by atoms with Crippen LogP contribution >= 0.6 is 0 Å². The van der Waals surface area contributed by atoms with Crippen LogP contribution in [-0.2, 0) is 5.41 Å². The standard InChI is InChI=1S/C23H27NO2/c1-4-5-10-20(24)23(17-13-11-16(12-14-17)15(2)3)21(25)18-8-6-7-9-19(18)22(23)26/h6-9,11-15,20H,4-5,10,24H2,1-3H3. The Balaban J connectivity index is 2.16. The van der Waals surface area contributed by atoms with Crippen LogP contribution in [0.3, 0.4) is 0 Å². The van der Waals surface area contributed by atoms with E-state index in [4.69, 9.17) is 5.73 Å². The number of carbonyl (C=O) groups excluding carboxylic acids is 2. The summed E-state index contributed by atoms with van der Waals surface area (Å²) in [6.45, 7) is 6.34. The molecule has 1 atom stereocenters. The number of benzene rings is 2. The van der Waals surface area contributed by atoms with Gasteiger partial charge in [0.15, 0.2) is 11.6 Å². The Morgan fingerprint density at radius 1 is 0.923 bits per heavy atom. The average Bonchev–Trinajstić information content (AvgIpc) is 2.88. The van der Waals surface area contributed by atoms with Crippen LogP contribution in [0.5, 0.6) is 0 Å². The Hall–Kier alpha value is -2.26. The minimum absolute atomic E-state index is 0.154. The van der Waals surface area contributed by atoms with Crippen LogP contribution < -0.4 is 5.73 Å². The van der Waals surface area contributed by atoms with Crippen LogP contribution in [0.15, 0.2) is 48.5 Å². The van der Waals surface area contributed by atoms with Crippen molar-refractivity contribution in [3.63, 3.8) is 0 Å². The molecule has 1 aliphatic rings. The van der Waals surface area contributed by atoms with Crippen molar-refractivity contribution in [1.82, 2.24) is 0 Å². The second-order valence-electron chi connectivity index (χ2n) is 7.54. The molecule has 0 spiro atoms. The number of hydrogen-bond acceptors (Lipinski definition) is 3. The predicted molar refractivity (Wildman–Crippen MR) is 105 cm³/mol. The fraction of sp³-hybridized carbons (Fsp3) is 0.391. The van der Waals surface area contributed by atoms with Crippen LogP contribution in [0.1, 0.15) is 77.8 Å². The molecule has 3 rings (SSSR count). The fourth-order valence-corrected chi connectivity index (χ4v) is 3.99. The van der Waals surface area contributed by atoms with E-state index in [1.165, 1.54) is 5.56 Å². The molecule has 1 unspecified atom stereocenters. The fourth-order valence-electron chi connectivity index (χ4n) is 3.99. The molecule has 2 aromatic carbocycles. The van der Waals surface area contributed by atoms with E-state index in [-0.39, 0.29) is 11.6 Å². The highest BCUT2D eigenvalue weighted by molar-refractivity contribution is 6.33. The van der Waals surface area contributed by atoms with Gasteiger partial charge in [-0.05, 0) is 23.5 Å². The van der Waals surface area contributed by atoms with Crippen LogP contribution in [0, 0.1) is 0 Å². The molecule has 0 amide bonds. The summed E-state index contributed by atoms with van der Waals surface area (Å²) in [6, 6.07) is 14.4. The van der Waals surface area contributed by atoms with Crippen molar-refractivity contribution in [2.45, 2.75) is 57.4 Å². The zero-order valence-corrected chi connectivity index (χ0v) is 15.8. The van der Waals surface area contributed by atoms with E-state index < -0.39 is 11.5 Å². The Morgan fingerprint density at radius 3 is 1.92 bits per heavy atom. The first-order valence-corrected chi connectivity index (χ1v) is 9.49. The van der Waals surface area contributed by atoms with E-state index in [1.807, 2.05) is 24.3 Å². The molecule has 0 radical (unpaired) electrons. The molecule has 0 aromatic heterocycles. The maximum atomic E-state index is 13.5. The minimum atomic E-state index is -1.30. The van der Waals surface area contributed by atoms with Gasteiger partial charge in [-0.2, -0.15) is 0 Å². The van der Waals surface area contributed by atoms with E-state index in [1.54, 1.807) is 24.3 Å². The van der Waals surface area contributed by atoms with Gasteiger partial charge in [-0.15, -0.1) is 0 Å². The first kappa shape index (κ1) is 18.5. The van der Waals surface area contributed by atoms with Crippen LogP contribution in [0.4, 0.5) is 0 Å². The van der Waals surface area contributed by atoms with Crippen molar-refractivity contribution in [2.24, 2.45) is 5.73 Å². The third-order valence-corrected chi connectivity index (χ3v) is 5.59. The zero-order chi connectivity index (χ0) is 18.9. The highest BCUT2D eigenvalue weighted by Crippen LogP contribution is 2.43. The summed E-state index contributed by atoms with van der Waals surface area (Å²) >= 11 is 0. The van der Waals surface area contributed by atoms with Gasteiger partial charge in [-0.3, -0.25) is 9.59 Å². The molecule has 3 nitrogen and oxygen atoms in total. The van der Waals surface area contributed by atoms with E-state index in [0.29, 0.717) is 23.5 Å². The van der Waals surface area contributed by atoms with Gasteiger partial charge in [0, 0.05) is 17.2 Å². The quantitative estimate of drug-likeness (QED) is 0.773. The predicted octanol–water partition coefficient (Wildman–Crippen LogP) is 4.64. The highest BCUT2D eigenvalue weighted by atomic mass is 16.2. The molecule has 3 heteroatoms. The summed E-state index contributed by atoms with van der Waals surface area (Å²) in [5.41, 5.74) is 8.15. The number of fused-ring (bicyclic) bond motifs is 1. The van der Waals surface area contributed by atoms with Crippen molar-refractivity contribution in [3.8, 4) is 0 Å². The number of unbranched alkanes of at least 4 members (excludes halogenated alkanes) is 1. The molecule has 2 N–H and O–H groups in total. The maximum Gasteiger partial charge on any atom is 0.183 e. The Labute approximate surface area is 155 Å². The smallest absolute Gasteiger partial charge is 0.183 e. The Kier molecular flexibility index (Phi) is 5.10. The number of Topliss-reactive ketones (excluding diaryl/α,β-unsaturated/α-hetero) is 2. The summed E-state index contributed by atoms with van der Waals surface area (Å²) in [5.74, 6) is 0.0824. The lowest BCUT2D eigenvalue weighted by Gasteiger charge is -2.33. The average molecular weight is 349 g/mol. The molecule has 0 saturated carbocycles. The van der Waals surface area contributed by atoms with Gasteiger partial charge in [0.2, 0.25) is 0 Å². The number of ketones is 2. The number of hydrogen-bond donors (Lipinski definition) is 1. The SMILES string of the molecule is CCCCC(N)C1(c2ccc(C(C)C)cc2)C(=O)c2ccccc2C1=O. The van der Waals surface area contributed by atoms with Gasteiger partial charge in [0.05, 0.1) is 0 Å². The monoisotopic (exact) mass is 349 g/mol. The van der Waals surface area contributed by atoms with E-state index in [2.05, 4.69) is 20.8 Å². The summed E-state index contributed by atoms with van der Waals surface area (Å²) in [6.07, 6.45) is 2.52. The zero-order valence-electron chi connectivity index (χ0n) is 15.8. The molecule has 0 saturated heterocycles. The lowest BCUT2D eigenvalue weighted by Crippen LogP contribution is -2.53. The summed E-state index contributed by atoms with van der Waals surface area (Å²) < 4.78 is 0. The maximum absolute atomic E-state index is 13.5. The van der Waals surface area contributed by atoms with Crippen LogP contribution in [-0.4, -0.2) is 17.6 Å². The van der Waals surface area contributed by atoms with Gasteiger partial charge in [0.1, 0.15) is 5.41 Å². The molecule has 0 bridgehead atoms. The largest absolute Gasteiger partial charge is 0.326 e. The third-order valence-electron chi connectivity index (χ3n) is 5.59. The van der Waals surface area contributed by atoms with Gasteiger partial charge >= 0.3 is 0 Å². The van der Waals surface area contributed by atoms with E-state index >= 15 is 0 Å². The molecule has 0 heterocycles. The van der Waals surface area contributed by atoms with E-state index in [9.17, 15) is 9.59 Å². The molecule has 2 aromatic rings. The number of nitrogens with two attached hydrogens (primary N) is 1.